The minimum absolute atomic E-state index is 0.318. The number of aliphatic hydroxyl groups is 1. The van der Waals surface area contributed by atoms with Gasteiger partial charge in [-0.15, -0.1) is 0 Å². The maximum Gasteiger partial charge on any atom is 0.0431 e. The Labute approximate surface area is 75.3 Å². The molecule has 0 aromatic rings. The molecule has 0 aromatic heterocycles. The van der Waals surface area contributed by atoms with Crippen molar-refractivity contribution in [1.29, 1.82) is 0 Å². The lowest BCUT2D eigenvalue weighted by Gasteiger charge is -2.11. The Kier molecular flexibility index (Phi) is 8.88. The van der Waals surface area contributed by atoms with E-state index in [0.29, 0.717) is 12.6 Å². The topological polar surface area (TPSA) is 58.3 Å². The van der Waals surface area contributed by atoms with Crippen LogP contribution in [0.1, 0.15) is 32.6 Å². The number of nitrogens with two attached hydrogens (primary N) is 1. The fraction of sp³-hybridized carbons (Fsp3) is 1.00. The van der Waals surface area contributed by atoms with Crippen LogP contribution in [0.15, 0.2) is 0 Å². The Morgan fingerprint density at radius 2 is 2.08 bits per heavy atom. The van der Waals surface area contributed by atoms with E-state index in [9.17, 15) is 0 Å². The first kappa shape index (κ1) is 11.9. The summed E-state index contributed by atoms with van der Waals surface area (Å²) in [6.45, 7) is 4.27. The molecule has 0 bridgehead atoms. The van der Waals surface area contributed by atoms with Crippen LogP contribution in [0.5, 0.6) is 0 Å². The highest BCUT2D eigenvalue weighted by atomic mass is 16.2. The summed E-state index contributed by atoms with van der Waals surface area (Å²) in [6, 6.07) is 0.532. The predicted octanol–water partition coefficient (Wildman–Crippen LogP) is 0.476. The van der Waals surface area contributed by atoms with Gasteiger partial charge in [-0.3, -0.25) is 0 Å². The van der Waals surface area contributed by atoms with E-state index < -0.39 is 0 Å². The first-order chi connectivity index (χ1) is 5.81. The lowest BCUT2D eigenvalue weighted by atomic mass is 10.2. The van der Waals surface area contributed by atoms with Crippen molar-refractivity contribution < 1.29 is 5.11 Å². The maximum absolute atomic E-state index is 8.52. The fourth-order valence-corrected chi connectivity index (χ4v) is 1.11. The molecule has 0 saturated heterocycles. The molecule has 0 radical (unpaired) electrons. The first-order valence-electron chi connectivity index (χ1n) is 4.85. The SMILES string of the molecule is CC(CCN)NCCCCCO. The van der Waals surface area contributed by atoms with Gasteiger partial charge in [-0.25, -0.2) is 0 Å². The van der Waals surface area contributed by atoms with Gasteiger partial charge in [0.25, 0.3) is 0 Å². The minimum Gasteiger partial charge on any atom is -0.396 e. The van der Waals surface area contributed by atoms with E-state index in [1.54, 1.807) is 0 Å². The average Bonchev–Trinajstić information content (AvgIpc) is 2.05. The van der Waals surface area contributed by atoms with E-state index in [-0.39, 0.29) is 0 Å². The van der Waals surface area contributed by atoms with Crippen molar-refractivity contribution in [2.24, 2.45) is 5.73 Å². The van der Waals surface area contributed by atoms with Crippen LogP contribution < -0.4 is 11.1 Å². The second kappa shape index (κ2) is 8.97. The quantitative estimate of drug-likeness (QED) is 0.469. The van der Waals surface area contributed by atoms with Crippen molar-refractivity contribution in [3.63, 3.8) is 0 Å². The molecule has 0 rings (SSSR count). The van der Waals surface area contributed by atoms with Gasteiger partial charge in [0.05, 0.1) is 0 Å². The van der Waals surface area contributed by atoms with Crippen LogP contribution in [0, 0.1) is 0 Å². The zero-order chi connectivity index (χ0) is 9.23. The van der Waals surface area contributed by atoms with Gasteiger partial charge in [0.1, 0.15) is 0 Å². The van der Waals surface area contributed by atoms with Crippen molar-refractivity contribution in [2.75, 3.05) is 19.7 Å². The van der Waals surface area contributed by atoms with Crippen molar-refractivity contribution in [3.8, 4) is 0 Å². The number of hydrogen-bond acceptors (Lipinski definition) is 3. The third kappa shape index (κ3) is 7.98. The van der Waals surface area contributed by atoms with Crippen LogP contribution in [0.2, 0.25) is 0 Å². The largest absolute Gasteiger partial charge is 0.396 e. The van der Waals surface area contributed by atoms with Crippen molar-refractivity contribution >= 4 is 0 Å². The number of hydrogen-bond donors (Lipinski definition) is 3. The Hall–Kier alpha value is -0.120. The molecule has 0 aromatic carbocycles. The van der Waals surface area contributed by atoms with Gasteiger partial charge in [-0.2, -0.15) is 0 Å². The Morgan fingerprint density at radius 1 is 1.33 bits per heavy atom. The molecule has 0 amide bonds. The van der Waals surface area contributed by atoms with Crippen LogP contribution in [0.3, 0.4) is 0 Å². The molecule has 0 spiro atoms. The normalized spacial score (nSPS) is 13.2. The van der Waals surface area contributed by atoms with Gasteiger partial charge in [0.15, 0.2) is 0 Å². The molecule has 0 heterocycles. The maximum atomic E-state index is 8.52. The minimum atomic E-state index is 0.318. The van der Waals surface area contributed by atoms with Crippen molar-refractivity contribution in [3.05, 3.63) is 0 Å². The highest BCUT2D eigenvalue weighted by molar-refractivity contribution is 4.60. The number of rotatable bonds is 8. The van der Waals surface area contributed by atoms with Gasteiger partial charge in [0, 0.05) is 12.6 Å². The Morgan fingerprint density at radius 3 is 2.67 bits per heavy atom. The van der Waals surface area contributed by atoms with E-state index in [0.717, 1.165) is 38.8 Å². The summed E-state index contributed by atoms with van der Waals surface area (Å²) < 4.78 is 0. The fourth-order valence-electron chi connectivity index (χ4n) is 1.11. The monoisotopic (exact) mass is 174 g/mol. The van der Waals surface area contributed by atoms with Crippen LogP contribution in [-0.2, 0) is 0 Å². The third-order valence-corrected chi connectivity index (χ3v) is 1.93. The molecule has 3 nitrogen and oxygen atoms in total. The second-order valence-corrected chi connectivity index (χ2v) is 3.22. The zero-order valence-corrected chi connectivity index (χ0v) is 8.05. The van der Waals surface area contributed by atoms with Crippen molar-refractivity contribution in [1.82, 2.24) is 5.32 Å². The van der Waals surface area contributed by atoms with E-state index in [1.807, 2.05) is 0 Å². The highest BCUT2D eigenvalue weighted by Crippen LogP contribution is 1.94. The summed E-state index contributed by atoms with van der Waals surface area (Å²) in [5, 5.41) is 11.9. The standard InChI is InChI=1S/C9H22N2O/c1-9(5-6-10)11-7-3-2-4-8-12/h9,11-12H,2-8,10H2,1H3. The molecule has 12 heavy (non-hydrogen) atoms. The van der Waals surface area contributed by atoms with E-state index in [4.69, 9.17) is 10.8 Å². The summed E-state index contributed by atoms with van der Waals surface area (Å²) in [7, 11) is 0. The van der Waals surface area contributed by atoms with Gasteiger partial charge in [0.2, 0.25) is 0 Å². The van der Waals surface area contributed by atoms with Crippen LogP contribution in [0.4, 0.5) is 0 Å². The smallest absolute Gasteiger partial charge is 0.0431 e. The molecule has 1 atom stereocenters. The molecule has 3 heteroatoms. The highest BCUT2D eigenvalue weighted by Gasteiger charge is 1.97. The number of aliphatic hydroxyl groups excluding tert-OH is 1. The van der Waals surface area contributed by atoms with Gasteiger partial charge < -0.3 is 16.2 Å². The van der Waals surface area contributed by atoms with Gasteiger partial charge in [-0.05, 0) is 45.7 Å². The molecule has 0 aliphatic rings. The van der Waals surface area contributed by atoms with Crippen LogP contribution >= 0.6 is 0 Å². The zero-order valence-electron chi connectivity index (χ0n) is 8.05. The second-order valence-electron chi connectivity index (χ2n) is 3.22. The summed E-state index contributed by atoms with van der Waals surface area (Å²) in [5.41, 5.74) is 5.41. The summed E-state index contributed by atoms with van der Waals surface area (Å²) in [6.07, 6.45) is 4.22. The third-order valence-electron chi connectivity index (χ3n) is 1.93. The summed E-state index contributed by atoms with van der Waals surface area (Å²) in [5.74, 6) is 0. The molecule has 4 N–H and O–H groups in total. The lowest BCUT2D eigenvalue weighted by Crippen LogP contribution is -2.29. The van der Waals surface area contributed by atoms with Gasteiger partial charge in [-0.1, -0.05) is 0 Å². The average molecular weight is 174 g/mol. The molecule has 1 unspecified atom stereocenters. The Bertz CT molecular complexity index is 88.6. The summed E-state index contributed by atoms with van der Waals surface area (Å²) >= 11 is 0. The number of nitrogens with one attached hydrogen (secondary N) is 1. The molecule has 0 aliphatic carbocycles. The molecule has 0 aliphatic heterocycles. The first-order valence-corrected chi connectivity index (χ1v) is 4.85. The molecule has 74 valence electrons. The molecular weight excluding hydrogens is 152 g/mol. The number of unbranched alkanes of at least 4 members (excludes halogenated alkanes) is 2. The molecule has 0 saturated carbocycles. The van der Waals surface area contributed by atoms with E-state index in [1.165, 1.54) is 0 Å². The lowest BCUT2D eigenvalue weighted by molar-refractivity contribution is 0.282. The summed E-state index contributed by atoms with van der Waals surface area (Å²) in [4.78, 5) is 0. The molecular formula is C9H22N2O. The van der Waals surface area contributed by atoms with Crippen molar-refractivity contribution in [2.45, 2.75) is 38.6 Å². The van der Waals surface area contributed by atoms with Crippen LogP contribution in [-0.4, -0.2) is 30.8 Å². The van der Waals surface area contributed by atoms with Crippen LogP contribution in [0.25, 0.3) is 0 Å². The molecule has 0 fully saturated rings. The Balaban J connectivity index is 2.97. The van der Waals surface area contributed by atoms with E-state index in [2.05, 4.69) is 12.2 Å². The predicted molar refractivity (Wildman–Crippen MR) is 52.1 cm³/mol. The van der Waals surface area contributed by atoms with E-state index >= 15 is 0 Å². The van der Waals surface area contributed by atoms with Gasteiger partial charge >= 0.3 is 0 Å².